The number of hydrogen-bond donors (Lipinski definition) is 1. The highest BCUT2D eigenvalue weighted by Gasteiger charge is 2.46. The van der Waals surface area contributed by atoms with Crippen molar-refractivity contribution in [1.29, 1.82) is 0 Å². The Bertz CT molecular complexity index is 606. The van der Waals surface area contributed by atoms with Crippen LogP contribution in [0.5, 0.6) is 0 Å². The van der Waals surface area contributed by atoms with Crippen molar-refractivity contribution in [2.24, 2.45) is 11.3 Å². The van der Waals surface area contributed by atoms with Crippen LogP contribution in [0, 0.1) is 17.2 Å². The summed E-state index contributed by atoms with van der Waals surface area (Å²) in [5.41, 5.74) is -0.146. The van der Waals surface area contributed by atoms with Gasteiger partial charge in [-0.2, -0.15) is 0 Å². The number of methoxy groups -OCH3 is 1. The molecule has 0 radical (unpaired) electrons. The molecular weight excluding hydrogens is 313 g/mol. The summed E-state index contributed by atoms with van der Waals surface area (Å²) in [7, 11) is 1.47. The van der Waals surface area contributed by atoms with Gasteiger partial charge in [0.2, 0.25) is 5.91 Å². The minimum absolute atomic E-state index is 0.0570. The lowest BCUT2D eigenvalue weighted by Gasteiger charge is -2.24. The van der Waals surface area contributed by atoms with E-state index in [1.807, 2.05) is 13.0 Å². The fraction of sp³-hybridized carbons (Fsp3) is 0.556. The average Bonchev–Trinajstić information content (AvgIpc) is 2.93. The Morgan fingerprint density at radius 1 is 1.46 bits per heavy atom. The third kappa shape index (κ3) is 4.32. The fourth-order valence-corrected chi connectivity index (χ4v) is 3.28. The molecule has 1 aromatic rings. The molecule has 6 heteroatoms. The molecule has 0 aromatic heterocycles. The van der Waals surface area contributed by atoms with E-state index in [0.29, 0.717) is 25.8 Å². The molecule has 0 aliphatic carbocycles. The Hall–Kier alpha value is -1.95. The highest BCUT2D eigenvalue weighted by molar-refractivity contribution is 5.81. The van der Waals surface area contributed by atoms with E-state index in [1.54, 1.807) is 11.0 Å². The van der Waals surface area contributed by atoms with E-state index in [2.05, 4.69) is 0 Å². The topological polar surface area (TPSA) is 66.8 Å². The largest absolute Gasteiger partial charge is 0.481 e. The lowest BCUT2D eigenvalue weighted by atomic mass is 9.88. The summed E-state index contributed by atoms with van der Waals surface area (Å²) in [6.07, 6.45) is 1.33. The molecule has 2 atom stereocenters. The van der Waals surface area contributed by atoms with Crippen molar-refractivity contribution >= 4 is 11.9 Å². The smallest absolute Gasteiger partial charge is 0.313 e. The van der Waals surface area contributed by atoms with Gasteiger partial charge in [0.15, 0.2) is 0 Å². The Balaban J connectivity index is 1.91. The van der Waals surface area contributed by atoms with E-state index in [-0.39, 0.29) is 30.8 Å². The molecule has 2 rings (SSSR count). The number of halogens is 1. The summed E-state index contributed by atoms with van der Waals surface area (Å²) in [6, 6.07) is 6.37. The van der Waals surface area contributed by atoms with Gasteiger partial charge >= 0.3 is 5.97 Å². The first-order chi connectivity index (χ1) is 11.4. The predicted octanol–water partition coefficient (Wildman–Crippen LogP) is 2.34. The number of aliphatic carboxylic acids is 1. The first-order valence-electron chi connectivity index (χ1n) is 8.11. The van der Waals surface area contributed by atoms with Crippen LogP contribution >= 0.6 is 0 Å². The second-order valence-corrected chi connectivity index (χ2v) is 6.73. The summed E-state index contributed by atoms with van der Waals surface area (Å²) < 4.78 is 18.3. The van der Waals surface area contributed by atoms with E-state index in [1.165, 1.54) is 19.2 Å². The first kappa shape index (κ1) is 18.4. The average molecular weight is 337 g/mol. The summed E-state index contributed by atoms with van der Waals surface area (Å²) in [6.45, 7) is 2.66. The lowest BCUT2D eigenvalue weighted by molar-refractivity contribution is -0.151. The molecule has 1 amide bonds. The molecule has 1 fully saturated rings. The van der Waals surface area contributed by atoms with Gasteiger partial charge in [-0.15, -0.1) is 0 Å². The quantitative estimate of drug-likeness (QED) is 0.829. The second-order valence-electron chi connectivity index (χ2n) is 6.73. The highest BCUT2D eigenvalue weighted by atomic mass is 19.1. The van der Waals surface area contributed by atoms with E-state index in [9.17, 15) is 19.1 Å². The predicted molar refractivity (Wildman–Crippen MR) is 87.0 cm³/mol. The van der Waals surface area contributed by atoms with Crippen LogP contribution in [-0.4, -0.2) is 48.7 Å². The van der Waals surface area contributed by atoms with Gasteiger partial charge in [-0.3, -0.25) is 9.59 Å². The van der Waals surface area contributed by atoms with Crippen LogP contribution in [0.3, 0.4) is 0 Å². The Morgan fingerprint density at radius 3 is 2.83 bits per heavy atom. The molecule has 1 aliphatic rings. The zero-order valence-electron chi connectivity index (χ0n) is 14.1. The molecule has 24 heavy (non-hydrogen) atoms. The van der Waals surface area contributed by atoms with Gasteiger partial charge in [-0.1, -0.05) is 19.1 Å². The number of amides is 1. The molecule has 0 spiro atoms. The van der Waals surface area contributed by atoms with Crippen molar-refractivity contribution in [1.82, 2.24) is 4.90 Å². The van der Waals surface area contributed by atoms with Gasteiger partial charge in [0.25, 0.3) is 0 Å². The molecule has 1 saturated heterocycles. The Labute approximate surface area is 141 Å². The molecular formula is C18H24FNO4. The van der Waals surface area contributed by atoms with Gasteiger partial charge in [-0.25, -0.2) is 4.39 Å². The van der Waals surface area contributed by atoms with Gasteiger partial charge in [0, 0.05) is 26.6 Å². The number of carboxylic acids is 1. The fourth-order valence-electron chi connectivity index (χ4n) is 3.28. The number of ether oxygens (including phenoxy) is 1. The number of carbonyl (C=O) groups is 2. The van der Waals surface area contributed by atoms with E-state index < -0.39 is 11.4 Å². The molecule has 1 aromatic carbocycles. The maximum Gasteiger partial charge on any atom is 0.313 e. The third-order valence-corrected chi connectivity index (χ3v) is 4.58. The number of nitrogens with zero attached hydrogens (tertiary/aromatic N) is 1. The van der Waals surface area contributed by atoms with Gasteiger partial charge < -0.3 is 14.7 Å². The normalized spacial score (nSPS) is 21.7. The van der Waals surface area contributed by atoms with E-state index in [0.717, 1.165) is 5.56 Å². The molecule has 1 heterocycles. The third-order valence-electron chi connectivity index (χ3n) is 4.58. The van der Waals surface area contributed by atoms with Crippen LogP contribution in [0.25, 0.3) is 0 Å². The van der Waals surface area contributed by atoms with Crippen LogP contribution in [0.4, 0.5) is 4.39 Å². The molecule has 132 valence electrons. The molecule has 1 aliphatic heterocycles. The second kappa shape index (κ2) is 7.75. The SMILES string of the molecule is COCC1(C(=O)O)CCN(C(=O)CC(C)Cc2cccc(F)c2)C1. The minimum Gasteiger partial charge on any atom is -0.481 e. The lowest BCUT2D eigenvalue weighted by Crippen LogP contribution is -2.40. The standard InChI is InChI=1S/C18H24FNO4/c1-13(8-14-4-3-5-15(19)10-14)9-16(21)20-7-6-18(11-20,12-24-2)17(22)23/h3-5,10,13H,6-9,11-12H2,1-2H3,(H,22,23). The van der Waals surface area contributed by atoms with E-state index in [4.69, 9.17) is 4.74 Å². The maximum atomic E-state index is 13.2. The summed E-state index contributed by atoms with van der Waals surface area (Å²) in [4.78, 5) is 25.6. The van der Waals surface area contributed by atoms with Crippen molar-refractivity contribution < 1.29 is 23.8 Å². The van der Waals surface area contributed by atoms with Gasteiger partial charge in [0.05, 0.1) is 6.61 Å². The molecule has 1 N–H and O–H groups in total. The number of carbonyl (C=O) groups excluding carboxylic acids is 1. The van der Waals surface area contributed by atoms with Crippen LogP contribution in [-0.2, 0) is 20.7 Å². The van der Waals surface area contributed by atoms with E-state index >= 15 is 0 Å². The molecule has 0 saturated carbocycles. The van der Waals surface area contributed by atoms with Gasteiger partial charge in [0.1, 0.15) is 11.2 Å². The summed E-state index contributed by atoms with van der Waals surface area (Å²) in [5, 5.41) is 9.44. The Kier molecular flexibility index (Phi) is 5.94. The number of hydrogen-bond acceptors (Lipinski definition) is 3. The number of likely N-dealkylation sites (tertiary alicyclic amines) is 1. The van der Waals surface area contributed by atoms with Crippen molar-refractivity contribution in [2.45, 2.75) is 26.2 Å². The monoisotopic (exact) mass is 337 g/mol. The van der Waals surface area contributed by atoms with Gasteiger partial charge in [-0.05, 0) is 36.5 Å². The zero-order valence-corrected chi connectivity index (χ0v) is 14.1. The number of carboxylic acid groups (broad SMARTS) is 1. The van der Waals surface area contributed by atoms with Crippen molar-refractivity contribution in [3.8, 4) is 0 Å². The zero-order chi connectivity index (χ0) is 17.7. The minimum atomic E-state index is -1.00. The summed E-state index contributed by atoms with van der Waals surface area (Å²) >= 11 is 0. The van der Waals surface area contributed by atoms with Crippen LogP contribution in [0.1, 0.15) is 25.3 Å². The maximum absolute atomic E-state index is 13.2. The number of benzene rings is 1. The highest BCUT2D eigenvalue weighted by Crippen LogP contribution is 2.32. The van der Waals surface area contributed by atoms with Crippen LogP contribution in [0.2, 0.25) is 0 Å². The Morgan fingerprint density at radius 2 is 2.21 bits per heavy atom. The van der Waals surface area contributed by atoms with Crippen molar-refractivity contribution in [3.05, 3.63) is 35.6 Å². The molecule has 0 bridgehead atoms. The number of rotatable bonds is 7. The van der Waals surface area contributed by atoms with Crippen LogP contribution < -0.4 is 0 Å². The van der Waals surface area contributed by atoms with Crippen molar-refractivity contribution in [3.63, 3.8) is 0 Å². The first-order valence-corrected chi connectivity index (χ1v) is 8.11. The molecule has 2 unspecified atom stereocenters. The molecule has 5 nitrogen and oxygen atoms in total. The van der Waals surface area contributed by atoms with Crippen LogP contribution in [0.15, 0.2) is 24.3 Å². The van der Waals surface area contributed by atoms with Crippen molar-refractivity contribution in [2.75, 3.05) is 26.8 Å². The summed E-state index contributed by atoms with van der Waals surface area (Å²) in [5.74, 6) is -1.21.